The Balaban J connectivity index is 2.09. The zero-order valence-electron chi connectivity index (χ0n) is 23.6. The summed E-state index contributed by atoms with van der Waals surface area (Å²) in [6, 6.07) is 16.9. The maximum atomic E-state index is 14.1. The Hall–Kier alpha value is -3.27. The summed E-state index contributed by atoms with van der Waals surface area (Å²) >= 11 is 12.5. The van der Waals surface area contributed by atoms with E-state index < -0.39 is 28.5 Å². The summed E-state index contributed by atoms with van der Waals surface area (Å²) in [4.78, 5) is 28.4. The van der Waals surface area contributed by atoms with Crippen molar-refractivity contribution in [3.63, 3.8) is 0 Å². The SMILES string of the molecule is CCCNC(=O)C(C)N(Cc1ccc(Cl)cc1Cl)C(=O)CN(c1ccccc1OCC)S(=O)(=O)c1ccc(C)cc1. The molecule has 0 aromatic heterocycles. The van der Waals surface area contributed by atoms with Crippen molar-refractivity contribution >= 4 is 50.7 Å². The number of para-hydroxylation sites is 2. The molecule has 0 aliphatic carbocycles. The fourth-order valence-corrected chi connectivity index (χ4v) is 6.00. The third-order valence-corrected chi connectivity index (χ3v) is 8.75. The van der Waals surface area contributed by atoms with Gasteiger partial charge in [-0.3, -0.25) is 13.9 Å². The first-order chi connectivity index (χ1) is 19.5. The van der Waals surface area contributed by atoms with E-state index in [2.05, 4.69) is 5.32 Å². The van der Waals surface area contributed by atoms with Gasteiger partial charge in [0.2, 0.25) is 11.8 Å². The summed E-state index contributed by atoms with van der Waals surface area (Å²) in [5, 5.41) is 3.56. The Labute approximate surface area is 252 Å². The number of nitrogens with one attached hydrogen (secondary N) is 1. The summed E-state index contributed by atoms with van der Waals surface area (Å²) < 4.78 is 34.8. The van der Waals surface area contributed by atoms with Crippen LogP contribution in [0.1, 0.15) is 38.3 Å². The van der Waals surface area contributed by atoms with Crippen molar-refractivity contribution in [1.82, 2.24) is 10.2 Å². The number of rotatable bonds is 13. The smallest absolute Gasteiger partial charge is 0.264 e. The van der Waals surface area contributed by atoms with Gasteiger partial charge in [0.1, 0.15) is 18.3 Å². The summed E-state index contributed by atoms with van der Waals surface area (Å²) in [7, 11) is -4.23. The first-order valence-corrected chi connectivity index (χ1v) is 15.5. The van der Waals surface area contributed by atoms with Gasteiger partial charge < -0.3 is 15.0 Å². The fourth-order valence-electron chi connectivity index (χ4n) is 4.10. The molecule has 0 saturated heterocycles. The molecule has 1 unspecified atom stereocenters. The van der Waals surface area contributed by atoms with Gasteiger partial charge >= 0.3 is 0 Å². The van der Waals surface area contributed by atoms with Gasteiger partial charge in [-0.15, -0.1) is 0 Å². The molecule has 0 bridgehead atoms. The molecule has 0 spiro atoms. The molecular formula is C30H35Cl2N3O5S. The molecule has 3 rings (SSSR count). The van der Waals surface area contributed by atoms with Gasteiger partial charge in [-0.25, -0.2) is 8.42 Å². The van der Waals surface area contributed by atoms with Crippen LogP contribution in [0.5, 0.6) is 5.75 Å². The Morgan fingerprint density at radius 3 is 2.32 bits per heavy atom. The zero-order valence-corrected chi connectivity index (χ0v) is 25.9. The highest BCUT2D eigenvalue weighted by molar-refractivity contribution is 7.92. The number of carbonyl (C=O) groups is 2. The Bertz CT molecular complexity index is 1470. The molecule has 8 nitrogen and oxygen atoms in total. The second-order valence-corrected chi connectivity index (χ2v) is 12.2. The molecule has 1 atom stereocenters. The number of hydrogen-bond acceptors (Lipinski definition) is 5. The molecule has 0 saturated carbocycles. The molecular weight excluding hydrogens is 585 g/mol. The van der Waals surface area contributed by atoms with E-state index in [1.165, 1.54) is 17.0 Å². The van der Waals surface area contributed by atoms with Crippen molar-refractivity contribution in [3.8, 4) is 5.75 Å². The molecule has 0 aliphatic heterocycles. The molecule has 220 valence electrons. The highest BCUT2D eigenvalue weighted by Crippen LogP contribution is 2.33. The van der Waals surface area contributed by atoms with E-state index in [4.69, 9.17) is 27.9 Å². The fraction of sp³-hybridized carbons (Fsp3) is 0.333. The highest BCUT2D eigenvalue weighted by Gasteiger charge is 2.34. The zero-order chi connectivity index (χ0) is 30.2. The van der Waals surface area contributed by atoms with Gasteiger partial charge in [0.15, 0.2) is 0 Å². The predicted molar refractivity (Wildman–Crippen MR) is 163 cm³/mol. The van der Waals surface area contributed by atoms with E-state index in [0.717, 1.165) is 9.87 Å². The molecule has 0 fully saturated rings. The van der Waals surface area contributed by atoms with Crippen LogP contribution in [0.2, 0.25) is 10.0 Å². The standard InChI is InChI=1S/C30H35Cl2N3O5S/c1-5-17-33-30(37)22(4)34(19-23-13-14-24(31)18-26(23)32)29(36)20-35(27-9-7-8-10-28(27)40-6-2)41(38,39)25-15-11-21(3)12-16-25/h7-16,18,22H,5-6,17,19-20H2,1-4H3,(H,33,37). The number of anilines is 1. The molecule has 41 heavy (non-hydrogen) atoms. The number of amides is 2. The lowest BCUT2D eigenvalue weighted by atomic mass is 10.1. The lowest BCUT2D eigenvalue weighted by molar-refractivity contribution is -0.139. The molecule has 2 amide bonds. The number of hydrogen-bond donors (Lipinski definition) is 1. The van der Waals surface area contributed by atoms with Gasteiger partial charge in [-0.05, 0) is 69.2 Å². The molecule has 3 aromatic rings. The normalized spacial score (nSPS) is 12.0. The number of ether oxygens (including phenoxy) is 1. The third kappa shape index (κ3) is 8.15. The van der Waals surface area contributed by atoms with Crippen LogP contribution in [0.15, 0.2) is 71.6 Å². The topological polar surface area (TPSA) is 96.0 Å². The van der Waals surface area contributed by atoms with Crippen LogP contribution in [0.25, 0.3) is 0 Å². The van der Waals surface area contributed by atoms with Crippen LogP contribution in [-0.2, 0) is 26.2 Å². The maximum absolute atomic E-state index is 14.1. The van der Waals surface area contributed by atoms with Crippen molar-refractivity contribution in [2.24, 2.45) is 0 Å². The number of nitrogens with zero attached hydrogens (tertiary/aromatic N) is 2. The summed E-state index contributed by atoms with van der Waals surface area (Å²) in [5.74, 6) is -0.662. The van der Waals surface area contributed by atoms with Crippen LogP contribution < -0.4 is 14.4 Å². The van der Waals surface area contributed by atoms with E-state index in [1.807, 2.05) is 13.8 Å². The van der Waals surface area contributed by atoms with E-state index in [0.29, 0.717) is 40.9 Å². The average Bonchev–Trinajstić information content (AvgIpc) is 2.94. The van der Waals surface area contributed by atoms with Crippen LogP contribution >= 0.6 is 23.2 Å². The largest absolute Gasteiger partial charge is 0.492 e. The Kier molecular flexibility index (Phi) is 11.5. The second-order valence-electron chi connectivity index (χ2n) is 9.45. The minimum Gasteiger partial charge on any atom is -0.492 e. The van der Waals surface area contributed by atoms with Crippen molar-refractivity contribution in [1.29, 1.82) is 0 Å². The van der Waals surface area contributed by atoms with Gasteiger partial charge in [0, 0.05) is 23.1 Å². The molecule has 0 radical (unpaired) electrons. The summed E-state index contributed by atoms with van der Waals surface area (Å²) in [6.07, 6.45) is 0.714. The van der Waals surface area contributed by atoms with Crippen molar-refractivity contribution in [3.05, 3.63) is 87.9 Å². The average molecular weight is 621 g/mol. The number of carbonyl (C=O) groups excluding carboxylic acids is 2. The molecule has 0 heterocycles. The van der Waals surface area contributed by atoms with E-state index >= 15 is 0 Å². The van der Waals surface area contributed by atoms with E-state index in [9.17, 15) is 18.0 Å². The van der Waals surface area contributed by atoms with Crippen molar-refractivity contribution in [2.45, 2.75) is 51.6 Å². The minimum absolute atomic E-state index is 0.0169. The van der Waals surface area contributed by atoms with Crippen LogP contribution in [-0.4, -0.2) is 50.9 Å². The minimum atomic E-state index is -4.23. The van der Waals surface area contributed by atoms with Gasteiger partial charge in [-0.2, -0.15) is 0 Å². The van der Waals surface area contributed by atoms with Crippen LogP contribution in [0.3, 0.4) is 0 Å². The van der Waals surface area contributed by atoms with Crippen molar-refractivity contribution in [2.75, 3.05) is 24.0 Å². The maximum Gasteiger partial charge on any atom is 0.264 e. The van der Waals surface area contributed by atoms with Gasteiger partial charge in [0.05, 0.1) is 17.2 Å². The first kappa shape index (κ1) is 32.2. The van der Waals surface area contributed by atoms with Crippen LogP contribution in [0.4, 0.5) is 5.69 Å². The monoisotopic (exact) mass is 619 g/mol. The molecule has 11 heteroatoms. The quantitative estimate of drug-likeness (QED) is 0.259. The Morgan fingerprint density at radius 1 is 1.00 bits per heavy atom. The third-order valence-electron chi connectivity index (χ3n) is 6.39. The van der Waals surface area contributed by atoms with Crippen molar-refractivity contribution < 1.29 is 22.7 Å². The number of halogens is 2. The number of benzene rings is 3. The van der Waals surface area contributed by atoms with E-state index in [-0.39, 0.29) is 23.0 Å². The lowest BCUT2D eigenvalue weighted by Gasteiger charge is -2.32. The highest BCUT2D eigenvalue weighted by atomic mass is 35.5. The molecule has 0 aliphatic rings. The van der Waals surface area contributed by atoms with E-state index in [1.54, 1.807) is 68.4 Å². The molecule has 1 N–H and O–H groups in total. The predicted octanol–water partition coefficient (Wildman–Crippen LogP) is 5.84. The summed E-state index contributed by atoms with van der Waals surface area (Å²) in [6.45, 7) is 7.26. The molecule has 3 aromatic carbocycles. The number of sulfonamides is 1. The lowest BCUT2D eigenvalue weighted by Crippen LogP contribution is -2.51. The van der Waals surface area contributed by atoms with Gasteiger partial charge in [-0.1, -0.05) is 66.0 Å². The Morgan fingerprint density at radius 2 is 1.68 bits per heavy atom. The second kappa shape index (κ2) is 14.6. The summed E-state index contributed by atoms with van der Waals surface area (Å²) in [5.41, 5.74) is 1.65. The van der Waals surface area contributed by atoms with Crippen LogP contribution in [0, 0.1) is 6.92 Å². The van der Waals surface area contributed by atoms with Gasteiger partial charge in [0.25, 0.3) is 10.0 Å². The number of aryl methyl sites for hydroxylation is 1. The first-order valence-electron chi connectivity index (χ1n) is 13.3.